The van der Waals surface area contributed by atoms with Crippen molar-refractivity contribution in [3.05, 3.63) is 63.6 Å². The minimum Gasteiger partial charge on any atom is -0.494 e. The standard InChI is InChI=1S/C26H32Cl2N2O6/c1-26(2,3)36-25(33)29-14-5-6-15-35-18-12-10-17(11-13-18)16-21(24(32)34-4)30-23(31)22-19(27)8-7-9-20(22)28/h7-13,21H,5-6,14-16H2,1-4H3,(H,29,33)(H,30,31)/t21-/m0/s1. The van der Waals surface area contributed by atoms with Crippen LogP contribution >= 0.6 is 23.2 Å². The molecule has 0 bridgehead atoms. The molecule has 2 rings (SSSR count). The van der Waals surface area contributed by atoms with Crippen LogP contribution in [0.4, 0.5) is 4.79 Å². The van der Waals surface area contributed by atoms with Gasteiger partial charge < -0.3 is 24.8 Å². The van der Waals surface area contributed by atoms with Crippen LogP contribution in [0.15, 0.2) is 42.5 Å². The molecular weight excluding hydrogens is 507 g/mol. The Bertz CT molecular complexity index is 1020. The Morgan fingerprint density at radius 1 is 0.972 bits per heavy atom. The van der Waals surface area contributed by atoms with Gasteiger partial charge in [0.25, 0.3) is 5.91 Å². The third-order valence-corrected chi connectivity index (χ3v) is 5.48. The molecule has 2 aromatic carbocycles. The molecule has 0 saturated heterocycles. The molecule has 2 amide bonds. The molecule has 0 aliphatic carbocycles. The normalized spacial score (nSPS) is 11.8. The number of carbonyl (C=O) groups is 3. The third-order valence-electron chi connectivity index (χ3n) is 4.85. The third kappa shape index (κ3) is 9.95. The highest BCUT2D eigenvalue weighted by Crippen LogP contribution is 2.24. The van der Waals surface area contributed by atoms with E-state index in [0.29, 0.717) is 18.9 Å². The van der Waals surface area contributed by atoms with E-state index in [-0.39, 0.29) is 22.0 Å². The second-order valence-corrected chi connectivity index (χ2v) is 9.79. The summed E-state index contributed by atoms with van der Waals surface area (Å²) in [5.74, 6) is -0.491. The van der Waals surface area contributed by atoms with Crippen molar-refractivity contribution >= 4 is 41.2 Å². The van der Waals surface area contributed by atoms with Crippen LogP contribution in [0.2, 0.25) is 10.0 Å². The fraction of sp³-hybridized carbons (Fsp3) is 0.423. The van der Waals surface area contributed by atoms with Gasteiger partial charge in [0.1, 0.15) is 17.4 Å². The van der Waals surface area contributed by atoms with E-state index in [1.165, 1.54) is 7.11 Å². The maximum absolute atomic E-state index is 12.7. The van der Waals surface area contributed by atoms with Crippen LogP contribution in [-0.2, 0) is 20.7 Å². The second-order valence-electron chi connectivity index (χ2n) is 8.98. The summed E-state index contributed by atoms with van der Waals surface area (Å²) in [6.45, 7) is 6.42. The van der Waals surface area contributed by atoms with Gasteiger partial charge in [-0.05, 0) is 63.4 Å². The molecule has 0 unspecified atom stereocenters. The van der Waals surface area contributed by atoms with Crippen molar-refractivity contribution < 1.29 is 28.6 Å². The Labute approximate surface area is 221 Å². The summed E-state index contributed by atoms with van der Waals surface area (Å²) in [6, 6.07) is 11.0. The Morgan fingerprint density at radius 2 is 1.61 bits per heavy atom. The molecule has 2 aromatic rings. The zero-order chi connectivity index (χ0) is 26.7. The van der Waals surface area contributed by atoms with E-state index in [1.807, 2.05) is 32.9 Å². The number of hydrogen-bond acceptors (Lipinski definition) is 6. The van der Waals surface area contributed by atoms with Gasteiger partial charge >= 0.3 is 12.1 Å². The van der Waals surface area contributed by atoms with Gasteiger partial charge in [-0.2, -0.15) is 0 Å². The van der Waals surface area contributed by atoms with Crippen molar-refractivity contribution in [2.24, 2.45) is 0 Å². The van der Waals surface area contributed by atoms with Gasteiger partial charge in [-0.25, -0.2) is 9.59 Å². The molecule has 2 N–H and O–H groups in total. The van der Waals surface area contributed by atoms with Crippen molar-refractivity contribution in [3.8, 4) is 5.75 Å². The lowest BCUT2D eigenvalue weighted by Gasteiger charge is -2.19. The fourth-order valence-electron chi connectivity index (χ4n) is 3.16. The number of benzene rings is 2. The first kappa shape index (κ1) is 29.3. The van der Waals surface area contributed by atoms with Crippen LogP contribution in [0.3, 0.4) is 0 Å². The summed E-state index contributed by atoms with van der Waals surface area (Å²) in [7, 11) is 1.25. The number of methoxy groups -OCH3 is 1. The highest BCUT2D eigenvalue weighted by molar-refractivity contribution is 6.39. The molecule has 0 radical (unpaired) electrons. The molecule has 8 nitrogen and oxygen atoms in total. The number of unbranched alkanes of at least 4 members (excludes halogenated alkanes) is 1. The summed E-state index contributed by atoms with van der Waals surface area (Å²) in [5, 5.41) is 5.73. The van der Waals surface area contributed by atoms with Crippen molar-refractivity contribution in [3.63, 3.8) is 0 Å². The van der Waals surface area contributed by atoms with E-state index in [2.05, 4.69) is 10.6 Å². The van der Waals surface area contributed by atoms with E-state index in [4.69, 9.17) is 37.4 Å². The Hall–Kier alpha value is -2.97. The number of ether oxygens (including phenoxy) is 3. The minimum absolute atomic E-state index is 0.0970. The summed E-state index contributed by atoms with van der Waals surface area (Å²) < 4.78 is 15.8. The van der Waals surface area contributed by atoms with E-state index in [9.17, 15) is 14.4 Å². The maximum atomic E-state index is 12.7. The van der Waals surface area contributed by atoms with Gasteiger partial charge in [0.2, 0.25) is 0 Å². The molecule has 0 aliphatic heterocycles. The molecule has 0 aromatic heterocycles. The summed E-state index contributed by atoms with van der Waals surface area (Å²) >= 11 is 12.2. The first-order chi connectivity index (χ1) is 17.0. The van der Waals surface area contributed by atoms with Crippen molar-refractivity contribution in [2.75, 3.05) is 20.3 Å². The number of alkyl carbamates (subject to hydrolysis) is 1. The van der Waals surface area contributed by atoms with E-state index in [1.54, 1.807) is 30.3 Å². The van der Waals surface area contributed by atoms with Gasteiger partial charge in [0, 0.05) is 13.0 Å². The molecule has 0 heterocycles. The van der Waals surface area contributed by atoms with E-state index in [0.717, 1.165) is 18.4 Å². The average molecular weight is 539 g/mol. The summed E-state index contributed by atoms with van der Waals surface area (Å²) in [4.78, 5) is 36.6. The minimum atomic E-state index is -0.931. The number of nitrogens with one attached hydrogen (secondary N) is 2. The van der Waals surface area contributed by atoms with Crippen LogP contribution in [0.1, 0.15) is 49.5 Å². The zero-order valence-corrected chi connectivity index (χ0v) is 22.4. The van der Waals surface area contributed by atoms with Crippen LogP contribution in [-0.4, -0.2) is 49.9 Å². The Balaban J connectivity index is 1.84. The van der Waals surface area contributed by atoms with Crippen LogP contribution in [0.25, 0.3) is 0 Å². The first-order valence-electron chi connectivity index (χ1n) is 11.5. The number of halogens is 2. The van der Waals surface area contributed by atoms with Crippen LogP contribution < -0.4 is 15.4 Å². The maximum Gasteiger partial charge on any atom is 0.407 e. The van der Waals surface area contributed by atoms with Crippen molar-refractivity contribution in [1.82, 2.24) is 10.6 Å². The monoisotopic (exact) mass is 538 g/mol. The lowest BCUT2D eigenvalue weighted by molar-refractivity contribution is -0.142. The van der Waals surface area contributed by atoms with Crippen LogP contribution in [0, 0.1) is 0 Å². The molecule has 0 aliphatic rings. The zero-order valence-electron chi connectivity index (χ0n) is 20.9. The summed E-state index contributed by atoms with van der Waals surface area (Å²) in [5.41, 5.74) is 0.371. The summed E-state index contributed by atoms with van der Waals surface area (Å²) in [6.07, 6.45) is 1.26. The first-order valence-corrected chi connectivity index (χ1v) is 12.3. The highest BCUT2D eigenvalue weighted by Gasteiger charge is 2.25. The van der Waals surface area contributed by atoms with E-state index < -0.39 is 29.6 Å². The topological polar surface area (TPSA) is 103 Å². The average Bonchev–Trinajstić information content (AvgIpc) is 2.80. The Morgan fingerprint density at radius 3 is 2.19 bits per heavy atom. The molecule has 36 heavy (non-hydrogen) atoms. The molecule has 0 fully saturated rings. The predicted molar refractivity (Wildman–Crippen MR) is 139 cm³/mol. The smallest absolute Gasteiger partial charge is 0.407 e. The number of hydrogen-bond donors (Lipinski definition) is 2. The quantitative estimate of drug-likeness (QED) is 0.301. The number of esters is 1. The largest absolute Gasteiger partial charge is 0.494 e. The van der Waals surface area contributed by atoms with Crippen LogP contribution in [0.5, 0.6) is 5.75 Å². The SMILES string of the molecule is COC(=O)[C@H](Cc1ccc(OCCCCNC(=O)OC(C)(C)C)cc1)NC(=O)c1c(Cl)cccc1Cl. The van der Waals surface area contributed by atoms with Gasteiger partial charge in [0.15, 0.2) is 0 Å². The lowest BCUT2D eigenvalue weighted by atomic mass is 10.0. The molecule has 0 saturated carbocycles. The van der Waals surface area contributed by atoms with Gasteiger partial charge in [-0.3, -0.25) is 4.79 Å². The van der Waals surface area contributed by atoms with E-state index >= 15 is 0 Å². The second kappa shape index (κ2) is 13.9. The van der Waals surface area contributed by atoms with Crippen molar-refractivity contribution in [2.45, 2.75) is 51.7 Å². The lowest BCUT2D eigenvalue weighted by Crippen LogP contribution is -2.43. The molecule has 196 valence electrons. The van der Waals surface area contributed by atoms with Gasteiger partial charge in [0.05, 0.1) is 29.3 Å². The number of carbonyl (C=O) groups excluding carboxylic acids is 3. The molecule has 10 heteroatoms. The molecular formula is C26H32Cl2N2O6. The fourth-order valence-corrected chi connectivity index (χ4v) is 3.73. The Kier molecular flexibility index (Phi) is 11.3. The predicted octanol–water partition coefficient (Wildman–Crippen LogP) is 5.19. The molecule has 0 spiro atoms. The number of amides is 2. The highest BCUT2D eigenvalue weighted by atomic mass is 35.5. The van der Waals surface area contributed by atoms with Gasteiger partial charge in [-0.15, -0.1) is 0 Å². The van der Waals surface area contributed by atoms with Gasteiger partial charge in [-0.1, -0.05) is 41.4 Å². The number of rotatable bonds is 11. The molecule has 1 atom stereocenters. The van der Waals surface area contributed by atoms with Crippen molar-refractivity contribution in [1.29, 1.82) is 0 Å².